The van der Waals surface area contributed by atoms with E-state index in [2.05, 4.69) is 5.32 Å². The van der Waals surface area contributed by atoms with Crippen molar-refractivity contribution in [2.45, 2.75) is 44.8 Å². The maximum absolute atomic E-state index is 11.7. The smallest absolute Gasteiger partial charge is 0.246 e. The van der Waals surface area contributed by atoms with Crippen LogP contribution in [0.2, 0.25) is 0 Å². The second kappa shape index (κ2) is 4.93. The summed E-state index contributed by atoms with van der Waals surface area (Å²) in [6.07, 6.45) is 1.52. The number of hydrogen-bond acceptors (Lipinski definition) is 4. The number of rotatable bonds is 4. The zero-order valence-corrected chi connectivity index (χ0v) is 10.1. The Bertz CT molecular complexity index is 289. The first-order valence-corrected chi connectivity index (χ1v) is 5.63. The molecule has 2 unspecified atom stereocenters. The van der Waals surface area contributed by atoms with Crippen LogP contribution in [0.5, 0.6) is 0 Å². The predicted molar refractivity (Wildman–Crippen MR) is 59.7 cm³/mol. The number of amides is 2. The summed E-state index contributed by atoms with van der Waals surface area (Å²) in [6, 6.07) is -0.347. The van der Waals surface area contributed by atoms with Crippen molar-refractivity contribution in [3.63, 3.8) is 0 Å². The van der Waals surface area contributed by atoms with E-state index < -0.39 is 5.60 Å². The minimum atomic E-state index is -0.805. The highest BCUT2D eigenvalue weighted by molar-refractivity contribution is 6.00. The van der Waals surface area contributed by atoms with E-state index in [9.17, 15) is 14.7 Å². The van der Waals surface area contributed by atoms with E-state index in [1.807, 2.05) is 6.92 Å². The molecule has 0 aromatic heterocycles. The lowest BCUT2D eigenvalue weighted by Crippen LogP contribution is -2.54. The standard InChI is InChI=1S/C11H20N2O3/c1-4-11(2,16)7-12-8-5-6-9(14)13(3)10(8)15/h8,12,16H,4-7H2,1-3H3. The molecule has 2 N–H and O–H groups in total. The molecule has 0 bridgehead atoms. The van der Waals surface area contributed by atoms with Crippen LogP contribution in [0.3, 0.4) is 0 Å². The Balaban J connectivity index is 2.50. The van der Waals surface area contributed by atoms with Gasteiger partial charge in [-0.05, 0) is 19.8 Å². The van der Waals surface area contributed by atoms with Gasteiger partial charge in [-0.1, -0.05) is 6.92 Å². The molecule has 0 spiro atoms. The van der Waals surface area contributed by atoms with Crippen LogP contribution in [-0.2, 0) is 9.59 Å². The first-order chi connectivity index (χ1) is 7.37. The van der Waals surface area contributed by atoms with Crippen LogP contribution in [0.25, 0.3) is 0 Å². The number of nitrogens with zero attached hydrogens (tertiary/aromatic N) is 1. The third-order valence-electron chi connectivity index (χ3n) is 3.14. The average Bonchev–Trinajstić information content (AvgIpc) is 2.25. The molecule has 2 atom stereocenters. The molecule has 1 rings (SSSR count). The number of aliphatic hydroxyl groups is 1. The van der Waals surface area contributed by atoms with Gasteiger partial charge < -0.3 is 10.4 Å². The highest BCUT2D eigenvalue weighted by Gasteiger charge is 2.32. The van der Waals surface area contributed by atoms with Gasteiger partial charge in [-0.25, -0.2) is 0 Å². The number of carbonyl (C=O) groups is 2. The van der Waals surface area contributed by atoms with Gasteiger partial charge in [0.1, 0.15) is 0 Å². The zero-order chi connectivity index (χ0) is 12.3. The Morgan fingerprint density at radius 3 is 2.75 bits per heavy atom. The molecule has 1 aliphatic heterocycles. The molecule has 1 saturated heterocycles. The van der Waals surface area contributed by atoms with Gasteiger partial charge in [0.2, 0.25) is 11.8 Å². The van der Waals surface area contributed by atoms with E-state index in [0.717, 1.165) is 4.90 Å². The normalized spacial score (nSPS) is 25.8. The van der Waals surface area contributed by atoms with Crippen molar-refractivity contribution in [3.8, 4) is 0 Å². The fourth-order valence-corrected chi connectivity index (χ4v) is 1.57. The minimum Gasteiger partial charge on any atom is -0.389 e. The molecule has 0 saturated carbocycles. The Morgan fingerprint density at radius 1 is 1.56 bits per heavy atom. The summed E-state index contributed by atoms with van der Waals surface area (Å²) in [5.74, 6) is -0.339. The summed E-state index contributed by atoms with van der Waals surface area (Å²) in [5, 5.41) is 12.8. The van der Waals surface area contributed by atoms with Crippen molar-refractivity contribution >= 4 is 11.8 Å². The lowest BCUT2D eigenvalue weighted by Gasteiger charge is -2.31. The minimum absolute atomic E-state index is 0.134. The van der Waals surface area contributed by atoms with E-state index in [4.69, 9.17) is 0 Å². The van der Waals surface area contributed by atoms with Crippen molar-refractivity contribution in [2.75, 3.05) is 13.6 Å². The number of carbonyl (C=O) groups excluding carboxylic acids is 2. The molecule has 0 aliphatic carbocycles. The van der Waals surface area contributed by atoms with Gasteiger partial charge in [-0.15, -0.1) is 0 Å². The highest BCUT2D eigenvalue weighted by atomic mass is 16.3. The molecule has 5 nitrogen and oxygen atoms in total. The highest BCUT2D eigenvalue weighted by Crippen LogP contribution is 2.13. The third kappa shape index (κ3) is 3.02. The molecule has 2 amide bonds. The molecular formula is C11H20N2O3. The predicted octanol–water partition coefficient (Wildman–Crippen LogP) is -0.116. The first kappa shape index (κ1) is 13.1. The van der Waals surface area contributed by atoms with Crippen LogP contribution in [0.15, 0.2) is 0 Å². The van der Waals surface area contributed by atoms with E-state index >= 15 is 0 Å². The van der Waals surface area contributed by atoms with Gasteiger partial charge in [-0.2, -0.15) is 0 Å². The summed E-state index contributed by atoms with van der Waals surface area (Å²) in [6.45, 7) is 3.98. The largest absolute Gasteiger partial charge is 0.389 e. The first-order valence-electron chi connectivity index (χ1n) is 5.63. The second-order valence-electron chi connectivity index (χ2n) is 4.61. The average molecular weight is 228 g/mol. The van der Waals surface area contributed by atoms with Crippen LogP contribution < -0.4 is 5.32 Å². The molecule has 0 aromatic rings. The Labute approximate surface area is 95.8 Å². The molecular weight excluding hydrogens is 208 g/mol. The summed E-state index contributed by atoms with van der Waals surface area (Å²) in [5.41, 5.74) is -0.805. The summed E-state index contributed by atoms with van der Waals surface area (Å²) in [7, 11) is 1.50. The van der Waals surface area contributed by atoms with Crippen LogP contribution in [-0.4, -0.2) is 47.1 Å². The number of nitrogens with one attached hydrogen (secondary N) is 1. The van der Waals surface area contributed by atoms with Crippen molar-refractivity contribution in [1.82, 2.24) is 10.2 Å². The summed E-state index contributed by atoms with van der Waals surface area (Å²) >= 11 is 0. The SMILES string of the molecule is CCC(C)(O)CNC1CCC(=O)N(C)C1=O. The number of likely N-dealkylation sites (N-methyl/N-ethyl adjacent to an activating group) is 1. The summed E-state index contributed by atoms with van der Waals surface area (Å²) < 4.78 is 0. The molecule has 5 heteroatoms. The molecule has 1 aliphatic rings. The maximum atomic E-state index is 11.7. The quantitative estimate of drug-likeness (QED) is 0.658. The molecule has 1 heterocycles. The second-order valence-corrected chi connectivity index (χ2v) is 4.61. The van der Waals surface area contributed by atoms with Crippen LogP contribution >= 0.6 is 0 Å². The number of piperidine rings is 1. The van der Waals surface area contributed by atoms with Crippen molar-refractivity contribution < 1.29 is 14.7 Å². The van der Waals surface area contributed by atoms with Crippen molar-refractivity contribution in [3.05, 3.63) is 0 Å². The van der Waals surface area contributed by atoms with Gasteiger partial charge in [0.25, 0.3) is 0 Å². The van der Waals surface area contributed by atoms with Crippen molar-refractivity contribution in [1.29, 1.82) is 0 Å². The fraction of sp³-hybridized carbons (Fsp3) is 0.818. The zero-order valence-electron chi connectivity index (χ0n) is 10.1. The van der Waals surface area contributed by atoms with E-state index in [1.165, 1.54) is 7.05 Å². The van der Waals surface area contributed by atoms with Gasteiger partial charge in [0.15, 0.2) is 0 Å². The van der Waals surface area contributed by atoms with Gasteiger partial charge >= 0.3 is 0 Å². The van der Waals surface area contributed by atoms with Crippen LogP contribution in [0.4, 0.5) is 0 Å². The van der Waals surface area contributed by atoms with E-state index in [1.54, 1.807) is 6.92 Å². The molecule has 92 valence electrons. The third-order valence-corrected chi connectivity index (χ3v) is 3.14. The van der Waals surface area contributed by atoms with Gasteiger partial charge in [-0.3, -0.25) is 14.5 Å². The molecule has 0 radical (unpaired) electrons. The number of likely N-dealkylation sites (tertiary alicyclic amines) is 1. The molecule has 0 aromatic carbocycles. The number of imide groups is 1. The topological polar surface area (TPSA) is 69.6 Å². The monoisotopic (exact) mass is 228 g/mol. The Kier molecular flexibility index (Phi) is 4.04. The number of hydrogen-bond donors (Lipinski definition) is 2. The fourth-order valence-electron chi connectivity index (χ4n) is 1.57. The van der Waals surface area contributed by atoms with Gasteiger partial charge in [0.05, 0.1) is 11.6 Å². The Hall–Kier alpha value is -0.940. The lowest BCUT2D eigenvalue weighted by molar-refractivity contribution is -0.148. The molecule has 16 heavy (non-hydrogen) atoms. The van der Waals surface area contributed by atoms with Gasteiger partial charge in [0, 0.05) is 20.0 Å². The maximum Gasteiger partial charge on any atom is 0.246 e. The van der Waals surface area contributed by atoms with Crippen LogP contribution in [0.1, 0.15) is 33.1 Å². The van der Waals surface area contributed by atoms with E-state index in [0.29, 0.717) is 25.8 Å². The summed E-state index contributed by atoms with van der Waals surface area (Å²) in [4.78, 5) is 24.1. The van der Waals surface area contributed by atoms with Crippen LogP contribution in [0, 0.1) is 0 Å². The van der Waals surface area contributed by atoms with Crippen molar-refractivity contribution in [2.24, 2.45) is 0 Å². The Morgan fingerprint density at radius 2 is 2.19 bits per heavy atom. The lowest BCUT2D eigenvalue weighted by atomic mass is 10.0. The van der Waals surface area contributed by atoms with E-state index in [-0.39, 0.29) is 17.9 Å². The molecule has 1 fully saturated rings.